The summed E-state index contributed by atoms with van der Waals surface area (Å²) in [5.41, 5.74) is 2.63. The number of nitrogens with zero attached hydrogens (tertiary/aromatic N) is 2. The Morgan fingerprint density at radius 3 is 2.90 bits per heavy atom. The third kappa shape index (κ3) is 3.66. The van der Waals surface area contributed by atoms with Gasteiger partial charge in [0.1, 0.15) is 0 Å². The fourth-order valence-electron chi connectivity index (χ4n) is 2.82. The van der Waals surface area contributed by atoms with E-state index in [9.17, 15) is 0 Å². The molecule has 0 radical (unpaired) electrons. The fourth-order valence-corrected chi connectivity index (χ4v) is 2.82. The molecule has 0 bridgehead atoms. The van der Waals surface area contributed by atoms with E-state index < -0.39 is 0 Å². The minimum Gasteiger partial charge on any atom is -0.378 e. The van der Waals surface area contributed by atoms with Crippen molar-refractivity contribution in [3.05, 3.63) is 24.3 Å². The summed E-state index contributed by atoms with van der Waals surface area (Å²) in [5, 5.41) is 3.72. The van der Waals surface area contributed by atoms with Gasteiger partial charge in [0, 0.05) is 44.6 Å². The van der Waals surface area contributed by atoms with E-state index in [1.54, 1.807) is 0 Å². The first-order valence-electron chi connectivity index (χ1n) is 7.87. The standard InChI is InChI=1S/C17H29N3/c1-5-14(2)17-13-20(11-7-10-18-17)16-9-6-8-15(12-16)19(3)4/h6,8-9,12,14,17-18H,5,7,10-11,13H2,1-4H3. The first-order chi connectivity index (χ1) is 9.61. The van der Waals surface area contributed by atoms with Gasteiger partial charge >= 0.3 is 0 Å². The zero-order valence-corrected chi connectivity index (χ0v) is 13.4. The van der Waals surface area contributed by atoms with Gasteiger partial charge in [-0.25, -0.2) is 0 Å². The molecule has 3 heteroatoms. The van der Waals surface area contributed by atoms with Crippen LogP contribution in [0, 0.1) is 5.92 Å². The zero-order chi connectivity index (χ0) is 14.5. The summed E-state index contributed by atoms with van der Waals surface area (Å²) in [6.07, 6.45) is 2.46. The Bertz CT molecular complexity index is 416. The normalized spacial score (nSPS) is 21.4. The van der Waals surface area contributed by atoms with E-state index in [0.29, 0.717) is 6.04 Å². The molecule has 0 saturated carbocycles. The van der Waals surface area contributed by atoms with Gasteiger partial charge in [-0.2, -0.15) is 0 Å². The molecule has 0 aliphatic carbocycles. The molecule has 112 valence electrons. The molecule has 0 spiro atoms. The second-order valence-corrected chi connectivity index (χ2v) is 6.16. The van der Waals surface area contributed by atoms with E-state index in [1.807, 2.05) is 0 Å². The van der Waals surface area contributed by atoms with Crippen LogP contribution in [0.1, 0.15) is 26.7 Å². The second kappa shape index (κ2) is 6.98. The summed E-state index contributed by atoms with van der Waals surface area (Å²) in [6, 6.07) is 9.49. The Morgan fingerprint density at radius 1 is 1.40 bits per heavy atom. The van der Waals surface area contributed by atoms with Crippen molar-refractivity contribution < 1.29 is 0 Å². The summed E-state index contributed by atoms with van der Waals surface area (Å²) >= 11 is 0. The van der Waals surface area contributed by atoms with E-state index in [0.717, 1.165) is 25.6 Å². The monoisotopic (exact) mass is 275 g/mol. The van der Waals surface area contributed by atoms with Gasteiger partial charge in [0.25, 0.3) is 0 Å². The maximum atomic E-state index is 3.72. The van der Waals surface area contributed by atoms with Crippen LogP contribution in [0.25, 0.3) is 0 Å². The number of hydrogen-bond acceptors (Lipinski definition) is 3. The van der Waals surface area contributed by atoms with Crippen LogP contribution in [0.3, 0.4) is 0 Å². The molecule has 1 aromatic carbocycles. The van der Waals surface area contributed by atoms with Crippen molar-refractivity contribution in [3.8, 4) is 0 Å². The minimum atomic E-state index is 0.602. The lowest BCUT2D eigenvalue weighted by molar-refractivity contribution is 0.384. The van der Waals surface area contributed by atoms with E-state index >= 15 is 0 Å². The third-order valence-corrected chi connectivity index (χ3v) is 4.47. The Hall–Kier alpha value is -1.22. The molecule has 0 amide bonds. The Labute approximate surface area is 124 Å². The molecule has 0 aromatic heterocycles. The van der Waals surface area contributed by atoms with Crippen LogP contribution < -0.4 is 15.1 Å². The highest BCUT2D eigenvalue weighted by molar-refractivity contribution is 5.59. The van der Waals surface area contributed by atoms with E-state index in [4.69, 9.17) is 0 Å². The average Bonchev–Trinajstić information content (AvgIpc) is 2.72. The van der Waals surface area contributed by atoms with Crippen molar-refractivity contribution in [2.24, 2.45) is 5.92 Å². The van der Waals surface area contributed by atoms with Gasteiger partial charge in [0.15, 0.2) is 0 Å². The Kier molecular flexibility index (Phi) is 5.30. The van der Waals surface area contributed by atoms with Gasteiger partial charge in [-0.15, -0.1) is 0 Å². The highest BCUT2D eigenvalue weighted by atomic mass is 15.2. The maximum absolute atomic E-state index is 3.72. The first-order valence-corrected chi connectivity index (χ1v) is 7.87. The number of rotatable bonds is 4. The van der Waals surface area contributed by atoms with Crippen LogP contribution in [0.4, 0.5) is 11.4 Å². The number of hydrogen-bond donors (Lipinski definition) is 1. The van der Waals surface area contributed by atoms with Gasteiger partial charge in [0.05, 0.1) is 0 Å². The molecule has 1 saturated heterocycles. The van der Waals surface area contributed by atoms with Gasteiger partial charge in [-0.1, -0.05) is 26.3 Å². The van der Waals surface area contributed by atoms with Crippen LogP contribution in [0.2, 0.25) is 0 Å². The molecule has 1 aliphatic heterocycles. The van der Waals surface area contributed by atoms with Crippen molar-refractivity contribution in [3.63, 3.8) is 0 Å². The molecule has 1 aromatic rings. The quantitative estimate of drug-likeness (QED) is 0.911. The Balaban J connectivity index is 2.15. The van der Waals surface area contributed by atoms with E-state index in [-0.39, 0.29) is 0 Å². The molecule has 2 unspecified atom stereocenters. The maximum Gasteiger partial charge on any atom is 0.0387 e. The first kappa shape index (κ1) is 15.2. The smallest absolute Gasteiger partial charge is 0.0387 e. The van der Waals surface area contributed by atoms with Gasteiger partial charge in [-0.3, -0.25) is 0 Å². The van der Waals surface area contributed by atoms with Crippen molar-refractivity contribution in [1.82, 2.24) is 5.32 Å². The number of anilines is 2. The van der Waals surface area contributed by atoms with E-state index in [2.05, 4.69) is 67.3 Å². The molecule has 2 atom stereocenters. The van der Waals surface area contributed by atoms with Gasteiger partial charge < -0.3 is 15.1 Å². The molecule has 3 nitrogen and oxygen atoms in total. The molecule has 20 heavy (non-hydrogen) atoms. The summed E-state index contributed by atoms with van der Waals surface area (Å²) in [6.45, 7) is 8.05. The third-order valence-electron chi connectivity index (χ3n) is 4.47. The molecule has 1 aliphatic rings. The topological polar surface area (TPSA) is 18.5 Å². The molecule has 1 N–H and O–H groups in total. The largest absolute Gasteiger partial charge is 0.378 e. The lowest BCUT2D eigenvalue weighted by Gasteiger charge is -2.30. The van der Waals surface area contributed by atoms with Crippen molar-refractivity contribution in [1.29, 1.82) is 0 Å². The zero-order valence-electron chi connectivity index (χ0n) is 13.4. The summed E-state index contributed by atoms with van der Waals surface area (Å²) < 4.78 is 0. The van der Waals surface area contributed by atoms with Crippen LogP contribution in [0.15, 0.2) is 24.3 Å². The lowest BCUT2D eigenvalue weighted by atomic mass is 9.99. The highest BCUT2D eigenvalue weighted by Crippen LogP contribution is 2.23. The van der Waals surface area contributed by atoms with Crippen LogP contribution in [0.5, 0.6) is 0 Å². The minimum absolute atomic E-state index is 0.602. The predicted octanol–water partition coefficient (Wildman–Crippen LogP) is 2.97. The van der Waals surface area contributed by atoms with Gasteiger partial charge in [0.2, 0.25) is 0 Å². The molecule has 2 rings (SSSR count). The predicted molar refractivity (Wildman–Crippen MR) is 88.8 cm³/mol. The summed E-state index contributed by atoms with van der Waals surface area (Å²) in [4.78, 5) is 4.72. The second-order valence-electron chi connectivity index (χ2n) is 6.16. The van der Waals surface area contributed by atoms with Crippen LogP contribution in [-0.2, 0) is 0 Å². The van der Waals surface area contributed by atoms with Crippen molar-refractivity contribution in [2.75, 3.05) is 43.5 Å². The van der Waals surface area contributed by atoms with E-state index in [1.165, 1.54) is 24.2 Å². The van der Waals surface area contributed by atoms with Gasteiger partial charge in [-0.05, 0) is 37.1 Å². The van der Waals surface area contributed by atoms with Crippen LogP contribution in [-0.4, -0.2) is 39.8 Å². The van der Waals surface area contributed by atoms with Crippen molar-refractivity contribution in [2.45, 2.75) is 32.7 Å². The molecular formula is C17H29N3. The Morgan fingerprint density at radius 2 is 2.20 bits per heavy atom. The highest BCUT2D eigenvalue weighted by Gasteiger charge is 2.22. The summed E-state index contributed by atoms with van der Waals surface area (Å²) in [7, 11) is 4.20. The average molecular weight is 275 g/mol. The SMILES string of the molecule is CCC(C)C1CN(c2cccc(N(C)C)c2)CCCN1. The van der Waals surface area contributed by atoms with Crippen molar-refractivity contribution >= 4 is 11.4 Å². The number of benzene rings is 1. The molecule has 1 heterocycles. The fraction of sp³-hybridized carbons (Fsp3) is 0.647. The lowest BCUT2D eigenvalue weighted by Crippen LogP contribution is -2.42. The van der Waals surface area contributed by atoms with Crippen LogP contribution >= 0.6 is 0 Å². The molecule has 1 fully saturated rings. The molecular weight excluding hydrogens is 246 g/mol. The number of nitrogens with one attached hydrogen (secondary N) is 1. The summed E-state index contributed by atoms with van der Waals surface area (Å²) in [5.74, 6) is 0.729.